The highest BCUT2D eigenvalue weighted by Crippen LogP contribution is 2.31. The fraction of sp³-hybridized carbons (Fsp3) is 0.667. The summed E-state index contributed by atoms with van der Waals surface area (Å²) in [4.78, 5) is 28.4. The SMILES string of the molecule is [CH2]C(C(=O)NC(CC)C(=O)c1nc(CC)no1)S(=O)(=O)CC1CC1. The Labute approximate surface area is 141 Å². The Morgan fingerprint density at radius 1 is 1.38 bits per heavy atom. The van der Waals surface area contributed by atoms with Gasteiger partial charge in [-0.15, -0.1) is 0 Å². The molecular weight excluding hydrogens is 334 g/mol. The molecule has 2 atom stereocenters. The van der Waals surface area contributed by atoms with Crippen LogP contribution in [0.25, 0.3) is 0 Å². The Bertz CT molecular complexity index is 708. The summed E-state index contributed by atoms with van der Waals surface area (Å²) in [5, 5.41) is 4.64. The molecular formula is C15H22N3O5S. The van der Waals surface area contributed by atoms with Crippen LogP contribution in [0.2, 0.25) is 0 Å². The molecule has 24 heavy (non-hydrogen) atoms. The minimum absolute atomic E-state index is 0.0388. The molecule has 1 N–H and O–H groups in total. The van der Waals surface area contributed by atoms with E-state index >= 15 is 0 Å². The number of carbonyl (C=O) groups is 2. The molecule has 1 aromatic heterocycles. The topological polar surface area (TPSA) is 119 Å². The first kappa shape index (κ1) is 18.6. The van der Waals surface area contributed by atoms with E-state index in [4.69, 9.17) is 4.52 Å². The Hall–Kier alpha value is -1.77. The third kappa shape index (κ3) is 4.40. The molecule has 0 aromatic carbocycles. The number of nitrogens with one attached hydrogen (secondary N) is 1. The van der Waals surface area contributed by atoms with Gasteiger partial charge in [0.1, 0.15) is 5.25 Å². The van der Waals surface area contributed by atoms with Crippen molar-refractivity contribution >= 4 is 21.5 Å². The number of carbonyl (C=O) groups excluding carboxylic acids is 2. The number of rotatable bonds is 9. The van der Waals surface area contributed by atoms with Gasteiger partial charge in [0, 0.05) is 6.42 Å². The van der Waals surface area contributed by atoms with Crippen molar-refractivity contribution in [2.45, 2.75) is 50.8 Å². The summed E-state index contributed by atoms with van der Waals surface area (Å²) >= 11 is 0. The average molecular weight is 356 g/mol. The predicted molar refractivity (Wildman–Crippen MR) is 85.9 cm³/mol. The first-order chi connectivity index (χ1) is 11.3. The van der Waals surface area contributed by atoms with Crippen molar-refractivity contribution in [2.75, 3.05) is 5.75 Å². The quantitative estimate of drug-likeness (QED) is 0.648. The number of ketones is 1. The van der Waals surface area contributed by atoms with Crippen LogP contribution in [0.4, 0.5) is 0 Å². The molecule has 1 aliphatic rings. The van der Waals surface area contributed by atoms with Crippen molar-refractivity contribution in [1.29, 1.82) is 0 Å². The molecule has 1 aliphatic carbocycles. The minimum Gasteiger partial charge on any atom is -0.345 e. The van der Waals surface area contributed by atoms with Gasteiger partial charge in [-0.1, -0.05) is 19.0 Å². The van der Waals surface area contributed by atoms with Crippen LogP contribution in [-0.2, 0) is 21.1 Å². The molecule has 2 rings (SSSR count). The number of hydrogen-bond donors (Lipinski definition) is 1. The maximum atomic E-state index is 12.3. The Balaban J connectivity index is 2.02. The van der Waals surface area contributed by atoms with Gasteiger partial charge in [-0.25, -0.2) is 8.42 Å². The largest absolute Gasteiger partial charge is 0.345 e. The zero-order valence-electron chi connectivity index (χ0n) is 13.8. The zero-order valence-corrected chi connectivity index (χ0v) is 14.6. The number of sulfone groups is 1. The molecule has 1 fully saturated rings. The van der Waals surface area contributed by atoms with Crippen molar-refractivity contribution in [3.05, 3.63) is 18.6 Å². The van der Waals surface area contributed by atoms with Gasteiger partial charge in [-0.2, -0.15) is 4.98 Å². The van der Waals surface area contributed by atoms with E-state index in [0.29, 0.717) is 12.2 Å². The van der Waals surface area contributed by atoms with Crippen molar-refractivity contribution in [3.63, 3.8) is 0 Å². The molecule has 9 heteroatoms. The number of aryl methyl sites for hydroxylation is 1. The van der Waals surface area contributed by atoms with Crippen LogP contribution < -0.4 is 5.32 Å². The van der Waals surface area contributed by atoms with E-state index in [9.17, 15) is 18.0 Å². The highest BCUT2D eigenvalue weighted by molar-refractivity contribution is 7.92. The molecule has 0 spiro atoms. The normalized spacial score (nSPS) is 17.3. The second-order valence-corrected chi connectivity index (χ2v) is 8.19. The molecule has 0 bridgehead atoms. The van der Waals surface area contributed by atoms with Crippen LogP contribution in [0.15, 0.2) is 4.52 Å². The summed E-state index contributed by atoms with van der Waals surface area (Å²) in [6.45, 7) is 6.97. The zero-order chi connectivity index (χ0) is 17.9. The van der Waals surface area contributed by atoms with E-state index in [-0.39, 0.29) is 24.0 Å². The fourth-order valence-electron chi connectivity index (χ4n) is 2.16. The van der Waals surface area contributed by atoms with Crippen molar-refractivity contribution in [2.24, 2.45) is 5.92 Å². The van der Waals surface area contributed by atoms with Crippen molar-refractivity contribution in [3.8, 4) is 0 Å². The minimum atomic E-state index is -3.63. The molecule has 1 saturated carbocycles. The van der Waals surface area contributed by atoms with E-state index < -0.39 is 32.8 Å². The van der Waals surface area contributed by atoms with Gasteiger partial charge in [0.15, 0.2) is 15.7 Å². The molecule has 0 aliphatic heterocycles. The molecule has 1 heterocycles. The molecule has 8 nitrogen and oxygen atoms in total. The van der Waals surface area contributed by atoms with Gasteiger partial charge >= 0.3 is 0 Å². The van der Waals surface area contributed by atoms with Gasteiger partial charge in [-0.3, -0.25) is 9.59 Å². The molecule has 133 valence electrons. The second-order valence-electron chi connectivity index (χ2n) is 5.96. The first-order valence-corrected chi connectivity index (χ1v) is 9.71. The van der Waals surface area contributed by atoms with Crippen LogP contribution >= 0.6 is 0 Å². The lowest BCUT2D eigenvalue weighted by atomic mass is 10.1. The Morgan fingerprint density at radius 2 is 2.04 bits per heavy atom. The number of hydrogen-bond acceptors (Lipinski definition) is 7. The molecule has 1 amide bonds. The number of nitrogens with zero attached hydrogens (tertiary/aromatic N) is 2. The van der Waals surface area contributed by atoms with Crippen molar-refractivity contribution < 1.29 is 22.5 Å². The fourth-order valence-corrected chi connectivity index (χ4v) is 3.77. The molecule has 2 unspecified atom stereocenters. The van der Waals surface area contributed by atoms with Crippen LogP contribution in [0.3, 0.4) is 0 Å². The van der Waals surface area contributed by atoms with Crippen LogP contribution in [0.1, 0.15) is 49.6 Å². The average Bonchev–Trinajstić information content (AvgIpc) is 3.22. The van der Waals surface area contributed by atoms with Crippen molar-refractivity contribution in [1.82, 2.24) is 15.5 Å². The van der Waals surface area contributed by atoms with Gasteiger partial charge in [0.2, 0.25) is 11.7 Å². The molecule has 1 radical (unpaired) electrons. The van der Waals surface area contributed by atoms with E-state index in [1.807, 2.05) is 6.92 Å². The summed E-state index contributed by atoms with van der Waals surface area (Å²) < 4.78 is 29.1. The van der Waals surface area contributed by atoms with Gasteiger partial charge < -0.3 is 9.84 Å². The van der Waals surface area contributed by atoms with E-state index in [1.54, 1.807) is 6.92 Å². The van der Waals surface area contributed by atoms with Crippen LogP contribution in [0.5, 0.6) is 0 Å². The van der Waals surface area contributed by atoms with Gasteiger partial charge in [0.25, 0.3) is 5.89 Å². The smallest absolute Gasteiger partial charge is 0.296 e. The highest BCUT2D eigenvalue weighted by atomic mass is 32.2. The summed E-state index contributed by atoms with van der Waals surface area (Å²) in [5.74, 6) is -1.04. The lowest BCUT2D eigenvalue weighted by molar-refractivity contribution is -0.120. The Kier molecular flexibility index (Phi) is 5.74. The second kappa shape index (κ2) is 7.42. The maximum absolute atomic E-state index is 12.3. The predicted octanol–water partition coefficient (Wildman–Crippen LogP) is 0.737. The summed E-state index contributed by atoms with van der Waals surface area (Å²) in [7, 11) is -3.63. The molecule has 1 aromatic rings. The number of amides is 1. The highest BCUT2D eigenvalue weighted by Gasteiger charge is 2.36. The summed E-state index contributed by atoms with van der Waals surface area (Å²) in [6.07, 6.45) is 2.51. The van der Waals surface area contributed by atoms with Crippen LogP contribution in [-0.4, -0.2) is 47.3 Å². The monoisotopic (exact) mass is 356 g/mol. The summed E-state index contributed by atoms with van der Waals surface area (Å²) in [6, 6.07) is -0.928. The van der Waals surface area contributed by atoms with E-state index in [1.165, 1.54) is 0 Å². The first-order valence-electron chi connectivity index (χ1n) is 8.00. The lowest BCUT2D eigenvalue weighted by Gasteiger charge is -2.17. The number of aromatic nitrogens is 2. The van der Waals surface area contributed by atoms with Gasteiger partial charge in [0.05, 0.1) is 11.8 Å². The third-order valence-corrected chi connectivity index (χ3v) is 5.94. The van der Waals surface area contributed by atoms with Gasteiger partial charge in [-0.05, 0) is 32.1 Å². The Morgan fingerprint density at radius 3 is 2.54 bits per heavy atom. The van der Waals surface area contributed by atoms with E-state index in [2.05, 4.69) is 22.4 Å². The standard InChI is InChI=1S/C15H22N3O5S/c1-4-11(13(19)15-17-12(5-2)18-23-15)16-14(20)9(3)24(21,22)8-10-6-7-10/h9-11H,3-8H2,1-2H3,(H,16,20). The summed E-state index contributed by atoms with van der Waals surface area (Å²) in [5.41, 5.74) is 0. The van der Waals surface area contributed by atoms with Crippen LogP contribution in [0, 0.1) is 12.8 Å². The maximum Gasteiger partial charge on any atom is 0.296 e. The molecule has 0 saturated heterocycles. The third-order valence-electron chi connectivity index (χ3n) is 3.93. The van der Waals surface area contributed by atoms with E-state index in [0.717, 1.165) is 12.8 Å². The number of Topliss-reactive ketones (excluding diaryl/α,β-unsaturated/α-hetero) is 1. The lowest BCUT2D eigenvalue weighted by Crippen LogP contribution is -2.47.